The van der Waals surface area contributed by atoms with Gasteiger partial charge in [-0.05, 0) is 82.3 Å². The maximum Gasteiger partial charge on any atom is 0.314 e. The number of ether oxygens (including phenoxy) is 2. The Bertz CT molecular complexity index is 817. The SMILES string of the molecule is C=C1C[C@]23C[C@H]1CCC2[C@@]12CC[C@H](O[Si](C)(C)C)C(C)(C(=O)OC1)C2C3C(=O)OC. The molecular weight excluding hydrogens is 396 g/mol. The summed E-state index contributed by atoms with van der Waals surface area (Å²) in [6, 6.07) is 0. The number of esters is 2. The Morgan fingerprint density at radius 1 is 1.20 bits per heavy atom. The number of allylic oxidation sites excluding steroid dienone is 1. The van der Waals surface area contributed by atoms with Crippen LogP contribution in [0.25, 0.3) is 0 Å². The fourth-order valence-electron chi connectivity index (χ4n) is 8.82. The Labute approximate surface area is 181 Å². The molecule has 0 aromatic carbocycles. The molecule has 4 aliphatic carbocycles. The van der Waals surface area contributed by atoms with Crippen LogP contribution < -0.4 is 0 Å². The molecular formula is C24H36O5Si. The Kier molecular flexibility index (Phi) is 4.30. The van der Waals surface area contributed by atoms with E-state index in [0.717, 1.165) is 38.5 Å². The van der Waals surface area contributed by atoms with Crippen molar-refractivity contribution in [3.63, 3.8) is 0 Å². The van der Waals surface area contributed by atoms with Gasteiger partial charge in [-0.3, -0.25) is 9.59 Å². The van der Waals surface area contributed by atoms with Crippen molar-refractivity contribution in [2.24, 2.45) is 39.9 Å². The van der Waals surface area contributed by atoms with Gasteiger partial charge in [-0.25, -0.2) is 0 Å². The quantitative estimate of drug-likeness (QED) is 0.377. The average Bonchev–Trinajstić information content (AvgIpc) is 3.08. The van der Waals surface area contributed by atoms with Crippen LogP contribution in [0.2, 0.25) is 19.6 Å². The zero-order chi connectivity index (χ0) is 21.7. The van der Waals surface area contributed by atoms with E-state index >= 15 is 0 Å². The van der Waals surface area contributed by atoms with E-state index in [1.54, 1.807) is 0 Å². The molecule has 0 aromatic rings. The molecule has 1 saturated heterocycles. The van der Waals surface area contributed by atoms with Crippen LogP contribution in [0.1, 0.15) is 45.4 Å². The fraction of sp³-hybridized carbons (Fsp3) is 0.833. The lowest BCUT2D eigenvalue weighted by atomic mass is 9.50. The molecule has 1 heterocycles. The maximum atomic E-state index is 13.4. The van der Waals surface area contributed by atoms with E-state index in [0.29, 0.717) is 18.4 Å². The lowest BCUT2D eigenvalue weighted by Crippen LogP contribution is -2.65. The van der Waals surface area contributed by atoms with Crippen molar-refractivity contribution in [1.29, 1.82) is 0 Å². The molecule has 4 unspecified atom stereocenters. The molecule has 4 saturated carbocycles. The first-order chi connectivity index (χ1) is 14.0. The highest BCUT2D eigenvalue weighted by Crippen LogP contribution is 2.79. The van der Waals surface area contributed by atoms with E-state index in [1.165, 1.54) is 12.7 Å². The Morgan fingerprint density at radius 3 is 2.60 bits per heavy atom. The lowest BCUT2D eigenvalue weighted by Gasteiger charge is -2.59. The zero-order valence-electron chi connectivity index (χ0n) is 19.1. The molecule has 166 valence electrons. The normalized spacial score (nSPS) is 49.3. The first-order valence-corrected chi connectivity index (χ1v) is 15.0. The highest BCUT2D eigenvalue weighted by Gasteiger charge is 2.80. The summed E-state index contributed by atoms with van der Waals surface area (Å²) in [5, 5.41) is 0. The Morgan fingerprint density at radius 2 is 1.93 bits per heavy atom. The third-order valence-corrected chi connectivity index (χ3v) is 10.6. The minimum atomic E-state index is -1.89. The van der Waals surface area contributed by atoms with E-state index in [9.17, 15) is 9.59 Å². The molecule has 5 aliphatic rings. The third kappa shape index (κ3) is 2.38. The van der Waals surface area contributed by atoms with Crippen LogP contribution in [-0.4, -0.2) is 40.1 Å². The van der Waals surface area contributed by atoms with Crippen molar-refractivity contribution in [2.45, 2.75) is 71.2 Å². The van der Waals surface area contributed by atoms with Gasteiger partial charge in [0.05, 0.1) is 31.2 Å². The van der Waals surface area contributed by atoms with E-state index < -0.39 is 13.7 Å². The molecule has 30 heavy (non-hydrogen) atoms. The summed E-state index contributed by atoms with van der Waals surface area (Å²) >= 11 is 0. The van der Waals surface area contributed by atoms with Crippen molar-refractivity contribution < 1.29 is 23.5 Å². The van der Waals surface area contributed by atoms with Crippen LogP contribution in [0.3, 0.4) is 0 Å². The van der Waals surface area contributed by atoms with Crippen molar-refractivity contribution in [3.05, 3.63) is 12.2 Å². The number of fused-ring (bicyclic) bond motifs is 1. The highest BCUT2D eigenvalue weighted by atomic mass is 28.4. The first-order valence-electron chi connectivity index (χ1n) is 11.6. The van der Waals surface area contributed by atoms with Crippen molar-refractivity contribution in [1.82, 2.24) is 0 Å². The standard InChI is InChI=1S/C24H36O5Si/c1-14-11-24-12-15(14)7-8-16(24)23-10-9-17(29-30(4,5)6)22(2,21(26)28-13-23)19(23)18(24)20(25)27-3/h15-19H,1,7-13H2,2-6H3/t15-,16?,17+,18?,19?,22?,23-,24+/m1/s1. The molecule has 5 fully saturated rings. The van der Waals surface area contributed by atoms with Crippen LogP contribution >= 0.6 is 0 Å². The predicted octanol–water partition coefficient (Wildman–Crippen LogP) is 4.33. The summed E-state index contributed by atoms with van der Waals surface area (Å²) in [5.41, 5.74) is 0.210. The molecule has 1 aliphatic heterocycles. The van der Waals surface area contributed by atoms with E-state index in [1.807, 2.05) is 6.92 Å². The lowest BCUT2D eigenvalue weighted by molar-refractivity contribution is -0.218. The topological polar surface area (TPSA) is 61.8 Å². The van der Waals surface area contributed by atoms with Crippen LogP contribution in [-0.2, 0) is 23.5 Å². The minimum absolute atomic E-state index is 0.0801. The third-order valence-electron chi connectivity index (χ3n) is 9.57. The van der Waals surface area contributed by atoms with Gasteiger partial charge < -0.3 is 13.9 Å². The van der Waals surface area contributed by atoms with Crippen LogP contribution in [0.4, 0.5) is 0 Å². The second-order valence-corrected chi connectivity index (χ2v) is 16.4. The van der Waals surface area contributed by atoms with E-state index in [-0.39, 0.29) is 40.7 Å². The number of methoxy groups -OCH3 is 1. The summed E-state index contributed by atoms with van der Waals surface area (Å²) in [4.78, 5) is 26.9. The van der Waals surface area contributed by atoms with Gasteiger partial charge >= 0.3 is 11.9 Å². The number of hydrogen-bond acceptors (Lipinski definition) is 5. The van der Waals surface area contributed by atoms with E-state index in [4.69, 9.17) is 13.9 Å². The Balaban J connectivity index is 1.70. The van der Waals surface area contributed by atoms with Gasteiger partial charge in [-0.2, -0.15) is 0 Å². The molecule has 5 nitrogen and oxygen atoms in total. The van der Waals surface area contributed by atoms with Crippen molar-refractivity contribution in [3.8, 4) is 0 Å². The van der Waals surface area contributed by atoms with Gasteiger partial charge in [0.2, 0.25) is 0 Å². The smallest absolute Gasteiger partial charge is 0.314 e. The minimum Gasteiger partial charge on any atom is -0.469 e. The molecule has 0 radical (unpaired) electrons. The summed E-state index contributed by atoms with van der Waals surface area (Å²) in [6.07, 6.45) is 5.79. The largest absolute Gasteiger partial charge is 0.469 e. The molecule has 8 atom stereocenters. The maximum absolute atomic E-state index is 13.4. The molecule has 0 amide bonds. The molecule has 5 rings (SSSR count). The van der Waals surface area contributed by atoms with Gasteiger partial charge in [0.25, 0.3) is 0 Å². The summed E-state index contributed by atoms with van der Waals surface area (Å²) < 4.78 is 18.0. The van der Waals surface area contributed by atoms with Gasteiger partial charge in [0.1, 0.15) is 0 Å². The summed E-state index contributed by atoms with van der Waals surface area (Å²) in [7, 11) is -0.389. The number of hydrogen-bond donors (Lipinski definition) is 0. The van der Waals surface area contributed by atoms with Crippen molar-refractivity contribution >= 4 is 20.3 Å². The van der Waals surface area contributed by atoms with Crippen LogP contribution in [0.15, 0.2) is 12.2 Å². The van der Waals surface area contributed by atoms with Crippen LogP contribution in [0.5, 0.6) is 0 Å². The van der Waals surface area contributed by atoms with Crippen LogP contribution in [0, 0.1) is 39.9 Å². The highest BCUT2D eigenvalue weighted by molar-refractivity contribution is 6.69. The predicted molar refractivity (Wildman–Crippen MR) is 115 cm³/mol. The first kappa shape index (κ1) is 20.7. The van der Waals surface area contributed by atoms with E-state index in [2.05, 4.69) is 26.2 Å². The second-order valence-electron chi connectivity index (χ2n) is 11.9. The molecule has 4 bridgehead atoms. The fourth-order valence-corrected chi connectivity index (χ4v) is 10.0. The van der Waals surface area contributed by atoms with Crippen molar-refractivity contribution in [2.75, 3.05) is 13.7 Å². The van der Waals surface area contributed by atoms with Gasteiger partial charge in [-0.15, -0.1) is 0 Å². The van der Waals surface area contributed by atoms with Gasteiger partial charge in [-0.1, -0.05) is 12.2 Å². The average molecular weight is 433 g/mol. The van der Waals surface area contributed by atoms with Gasteiger partial charge in [0.15, 0.2) is 8.32 Å². The molecule has 0 aromatic heterocycles. The molecule has 1 spiro atoms. The number of cyclic esters (lactones) is 1. The monoisotopic (exact) mass is 432 g/mol. The number of carbonyl (C=O) groups is 2. The second kappa shape index (κ2) is 6.22. The Hall–Kier alpha value is -1.14. The zero-order valence-corrected chi connectivity index (χ0v) is 20.1. The molecule has 0 N–H and O–H groups in total. The number of rotatable bonds is 3. The summed E-state index contributed by atoms with van der Waals surface area (Å²) in [6.45, 7) is 13.4. The number of carbonyl (C=O) groups excluding carboxylic acids is 2. The molecule has 6 heteroatoms. The summed E-state index contributed by atoms with van der Waals surface area (Å²) in [5.74, 6) is 0.210. The van der Waals surface area contributed by atoms with Gasteiger partial charge in [0, 0.05) is 11.3 Å².